The number of carboxylic acids is 1. The maximum atomic E-state index is 11.8. The molecule has 0 bridgehead atoms. The number of alkyl halides is 3. The third-order valence-corrected chi connectivity index (χ3v) is 5.30. The van der Waals surface area contributed by atoms with Crippen LogP contribution in [-0.4, -0.2) is 104 Å². The van der Waals surface area contributed by atoms with E-state index in [2.05, 4.69) is 11.5 Å². The Bertz CT molecular complexity index is 583. The van der Waals surface area contributed by atoms with Gasteiger partial charge in [-0.25, -0.2) is 4.79 Å². The number of likely N-dealkylation sites (tertiary alicyclic amines) is 1. The SMILES string of the molecule is C=CC(=O)N1CC[C@@H]2O[C@@H](COCCN3CCOCC3)CC[C@@H]21.O=C(O)C(F)(F)F. The van der Waals surface area contributed by atoms with Gasteiger partial charge in [-0.2, -0.15) is 13.2 Å². The van der Waals surface area contributed by atoms with Crippen LogP contribution in [-0.2, 0) is 23.8 Å². The standard InChI is InChI=1S/C17H28N2O4.C2HF3O2/c1-2-17(20)19-6-5-16-15(19)4-3-14(23-16)13-22-12-9-18-7-10-21-11-8-18;3-2(4,5)1(6)7/h2,14-16H,1,3-13H2;(H,6,7)/t14-,15+,16+;/m1./s1. The second-order valence-corrected chi connectivity index (χ2v) is 7.30. The van der Waals surface area contributed by atoms with E-state index in [9.17, 15) is 18.0 Å². The molecule has 0 aromatic heterocycles. The summed E-state index contributed by atoms with van der Waals surface area (Å²) in [4.78, 5) is 25.0. The number of carboxylic acid groups (broad SMARTS) is 1. The zero-order chi connectivity index (χ0) is 22.1. The van der Waals surface area contributed by atoms with Gasteiger partial charge in [0.05, 0.1) is 44.7 Å². The van der Waals surface area contributed by atoms with Crippen LogP contribution in [0.4, 0.5) is 13.2 Å². The van der Waals surface area contributed by atoms with Crippen LogP contribution in [0.1, 0.15) is 19.3 Å². The van der Waals surface area contributed by atoms with Gasteiger partial charge in [-0.1, -0.05) is 6.58 Å². The lowest BCUT2D eigenvalue weighted by molar-refractivity contribution is -0.192. The number of nitrogens with zero attached hydrogens (tertiary/aromatic N) is 2. The van der Waals surface area contributed by atoms with Crippen LogP contribution in [0.15, 0.2) is 12.7 Å². The van der Waals surface area contributed by atoms with Crippen molar-refractivity contribution in [1.82, 2.24) is 9.80 Å². The van der Waals surface area contributed by atoms with Gasteiger partial charge in [-0.05, 0) is 25.3 Å². The van der Waals surface area contributed by atoms with Crippen LogP contribution >= 0.6 is 0 Å². The van der Waals surface area contributed by atoms with Crippen molar-refractivity contribution >= 4 is 11.9 Å². The van der Waals surface area contributed by atoms with E-state index in [1.165, 1.54) is 6.08 Å². The van der Waals surface area contributed by atoms with Gasteiger partial charge in [-0.3, -0.25) is 9.69 Å². The van der Waals surface area contributed by atoms with Crippen molar-refractivity contribution in [3.63, 3.8) is 0 Å². The van der Waals surface area contributed by atoms with Gasteiger partial charge in [-0.15, -0.1) is 0 Å². The van der Waals surface area contributed by atoms with E-state index >= 15 is 0 Å². The van der Waals surface area contributed by atoms with Crippen molar-refractivity contribution in [3.8, 4) is 0 Å². The van der Waals surface area contributed by atoms with Gasteiger partial charge < -0.3 is 24.2 Å². The van der Waals surface area contributed by atoms with Crippen LogP contribution in [0.25, 0.3) is 0 Å². The molecule has 3 aliphatic heterocycles. The maximum absolute atomic E-state index is 11.8. The number of halogens is 3. The molecule has 1 amide bonds. The molecule has 8 nitrogen and oxygen atoms in total. The number of morpholine rings is 1. The fraction of sp³-hybridized carbons (Fsp3) is 0.789. The molecule has 3 atom stereocenters. The lowest BCUT2D eigenvalue weighted by atomic mass is 9.99. The molecular formula is C19H29F3N2O6. The lowest BCUT2D eigenvalue weighted by Gasteiger charge is -2.35. The average molecular weight is 438 g/mol. The first-order valence-electron chi connectivity index (χ1n) is 9.98. The molecule has 172 valence electrons. The second-order valence-electron chi connectivity index (χ2n) is 7.30. The van der Waals surface area contributed by atoms with E-state index in [0.29, 0.717) is 6.61 Å². The minimum Gasteiger partial charge on any atom is -0.475 e. The lowest BCUT2D eigenvalue weighted by Crippen LogP contribution is -2.45. The van der Waals surface area contributed by atoms with Gasteiger partial charge in [0.2, 0.25) is 5.91 Å². The van der Waals surface area contributed by atoms with E-state index in [-0.39, 0.29) is 24.2 Å². The van der Waals surface area contributed by atoms with Gasteiger partial charge in [0.25, 0.3) is 0 Å². The first-order chi connectivity index (χ1) is 14.2. The Morgan fingerprint density at radius 3 is 2.43 bits per heavy atom. The predicted octanol–water partition coefficient (Wildman–Crippen LogP) is 1.30. The number of aliphatic carboxylic acids is 1. The fourth-order valence-electron chi connectivity index (χ4n) is 3.74. The molecule has 3 aliphatic rings. The molecule has 3 rings (SSSR count). The molecule has 0 aliphatic carbocycles. The molecule has 0 saturated carbocycles. The Labute approximate surface area is 173 Å². The third-order valence-electron chi connectivity index (χ3n) is 5.30. The summed E-state index contributed by atoms with van der Waals surface area (Å²) in [7, 11) is 0. The first kappa shape index (κ1) is 24.6. The summed E-state index contributed by atoms with van der Waals surface area (Å²) in [5, 5.41) is 7.12. The highest BCUT2D eigenvalue weighted by Gasteiger charge is 2.41. The third kappa shape index (κ3) is 7.53. The molecule has 11 heteroatoms. The predicted molar refractivity (Wildman–Crippen MR) is 100.0 cm³/mol. The Kier molecular flexibility index (Phi) is 9.53. The van der Waals surface area contributed by atoms with Crippen LogP contribution in [0.5, 0.6) is 0 Å². The van der Waals surface area contributed by atoms with Crippen LogP contribution in [0, 0.1) is 0 Å². The Hall–Kier alpha value is -1.69. The second kappa shape index (κ2) is 11.6. The maximum Gasteiger partial charge on any atom is 0.490 e. The molecule has 0 unspecified atom stereocenters. The minimum absolute atomic E-state index is 0.0290. The molecule has 30 heavy (non-hydrogen) atoms. The molecular weight excluding hydrogens is 409 g/mol. The van der Waals surface area contributed by atoms with Gasteiger partial charge >= 0.3 is 12.1 Å². The minimum atomic E-state index is -5.08. The normalized spacial score (nSPS) is 27.0. The van der Waals surface area contributed by atoms with Crippen molar-refractivity contribution in [3.05, 3.63) is 12.7 Å². The highest BCUT2D eigenvalue weighted by molar-refractivity contribution is 5.87. The van der Waals surface area contributed by atoms with Crippen LogP contribution in [0.3, 0.4) is 0 Å². The number of hydrogen-bond donors (Lipinski definition) is 1. The number of carbonyl (C=O) groups is 2. The summed E-state index contributed by atoms with van der Waals surface area (Å²) in [5.41, 5.74) is 0. The number of rotatable bonds is 6. The van der Waals surface area contributed by atoms with Gasteiger partial charge in [0.1, 0.15) is 0 Å². The van der Waals surface area contributed by atoms with E-state index in [4.69, 9.17) is 24.1 Å². The zero-order valence-corrected chi connectivity index (χ0v) is 16.8. The van der Waals surface area contributed by atoms with Crippen molar-refractivity contribution in [1.29, 1.82) is 0 Å². The smallest absolute Gasteiger partial charge is 0.475 e. The molecule has 3 heterocycles. The molecule has 3 fully saturated rings. The van der Waals surface area contributed by atoms with Crippen LogP contribution in [0.2, 0.25) is 0 Å². The Morgan fingerprint density at radius 2 is 1.83 bits per heavy atom. The quantitative estimate of drug-likeness (QED) is 0.494. The molecule has 0 radical (unpaired) electrons. The summed E-state index contributed by atoms with van der Waals surface area (Å²) in [6.07, 6.45) is -0.459. The summed E-state index contributed by atoms with van der Waals surface area (Å²) in [6.45, 7) is 10.4. The monoisotopic (exact) mass is 438 g/mol. The molecule has 0 spiro atoms. The molecule has 1 N–H and O–H groups in total. The number of carbonyl (C=O) groups excluding carboxylic acids is 1. The largest absolute Gasteiger partial charge is 0.490 e. The number of ether oxygens (including phenoxy) is 3. The Morgan fingerprint density at radius 1 is 1.17 bits per heavy atom. The van der Waals surface area contributed by atoms with Crippen molar-refractivity contribution in [2.75, 3.05) is 52.6 Å². The van der Waals surface area contributed by atoms with Gasteiger partial charge in [0, 0.05) is 26.2 Å². The fourth-order valence-corrected chi connectivity index (χ4v) is 3.74. The van der Waals surface area contributed by atoms with E-state index < -0.39 is 12.1 Å². The average Bonchev–Trinajstić information content (AvgIpc) is 3.14. The summed E-state index contributed by atoms with van der Waals surface area (Å²) >= 11 is 0. The van der Waals surface area contributed by atoms with Crippen molar-refractivity contribution in [2.45, 2.75) is 43.7 Å². The van der Waals surface area contributed by atoms with Crippen LogP contribution < -0.4 is 0 Å². The number of hydrogen-bond acceptors (Lipinski definition) is 6. The topological polar surface area (TPSA) is 88.5 Å². The van der Waals surface area contributed by atoms with E-state index in [1.807, 2.05) is 4.90 Å². The molecule has 0 aromatic rings. The molecule has 3 saturated heterocycles. The number of fused-ring (bicyclic) bond motifs is 1. The van der Waals surface area contributed by atoms with Crippen molar-refractivity contribution in [2.24, 2.45) is 0 Å². The summed E-state index contributed by atoms with van der Waals surface area (Å²) < 4.78 is 49.0. The number of amides is 1. The summed E-state index contributed by atoms with van der Waals surface area (Å²) in [5.74, 6) is -2.73. The zero-order valence-electron chi connectivity index (χ0n) is 16.8. The van der Waals surface area contributed by atoms with Crippen molar-refractivity contribution < 1.29 is 42.1 Å². The molecule has 0 aromatic carbocycles. The highest BCUT2D eigenvalue weighted by atomic mass is 19.4. The first-order valence-corrected chi connectivity index (χ1v) is 9.98. The van der Waals surface area contributed by atoms with E-state index in [1.54, 1.807) is 0 Å². The van der Waals surface area contributed by atoms with E-state index in [0.717, 1.165) is 65.3 Å². The van der Waals surface area contributed by atoms with Gasteiger partial charge in [0.15, 0.2) is 0 Å². The highest BCUT2D eigenvalue weighted by Crippen LogP contribution is 2.31. The summed E-state index contributed by atoms with van der Waals surface area (Å²) in [6, 6.07) is 0.227. The Balaban J connectivity index is 0.000000396.